The number of aliphatic imine (C=N–C) groups is 1. The van der Waals surface area contributed by atoms with Crippen molar-refractivity contribution >= 4 is 34.6 Å². The highest BCUT2D eigenvalue weighted by Crippen LogP contribution is 2.36. The molecular formula is C29H28ClFN6O2. The molecule has 39 heavy (non-hydrogen) atoms. The first kappa shape index (κ1) is 27.7. The fraction of sp³-hybridized carbons (Fsp3) is 0.207. The van der Waals surface area contributed by atoms with E-state index in [9.17, 15) is 4.79 Å². The zero-order chi connectivity index (χ0) is 28.2. The number of pyridine rings is 1. The van der Waals surface area contributed by atoms with E-state index in [1.807, 2.05) is 52.0 Å². The first-order valence-electron chi connectivity index (χ1n) is 12.1. The number of aryl methyl sites for hydroxylation is 1. The van der Waals surface area contributed by atoms with Gasteiger partial charge in [-0.25, -0.2) is 4.39 Å². The van der Waals surface area contributed by atoms with Crippen molar-refractivity contribution in [2.45, 2.75) is 39.7 Å². The minimum absolute atomic E-state index is 0.103. The van der Waals surface area contributed by atoms with E-state index in [2.05, 4.69) is 25.5 Å². The molecule has 2 aromatic carbocycles. The summed E-state index contributed by atoms with van der Waals surface area (Å²) in [5.74, 6) is -0.569. The number of hydrogen-bond acceptors (Lipinski definition) is 7. The van der Waals surface area contributed by atoms with Gasteiger partial charge in [-0.15, -0.1) is 0 Å². The van der Waals surface area contributed by atoms with Crippen LogP contribution in [0.4, 0.5) is 4.39 Å². The predicted molar refractivity (Wildman–Crippen MR) is 151 cm³/mol. The van der Waals surface area contributed by atoms with Crippen LogP contribution in [0.25, 0.3) is 22.2 Å². The van der Waals surface area contributed by atoms with E-state index in [-0.39, 0.29) is 28.3 Å². The fourth-order valence-electron chi connectivity index (χ4n) is 3.70. The number of amides is 1. The number of benzene rings is 2. The van der Waals surface area contributed by atoms with Gasteiger partial charge in [0.15, 0.2) is 0 Å². The number of fused-ring (bicyclic) bond motifs is 1. The third kappa shape index (κ3) is 6.94. The molecule has 0 saturated carbocycles. The average molecular weight is 547 g/mol. The lowest BCUT2D eigenvalue weighted by Gasteiger charge is -2.14. The number of carbonyl (C=O) groups is 1. The summed E-state index contributed by atoms with van der Waals surface area (Å²) in [5.41, 5.74) is 8.88. The number of aromatic nitrogens is 3. The first-order valence-corrected chi connectivity index (χ1v) is 12.5. The van der Waals surface area contributed by atoms with Gasteiger partial charge in [0.1, 0.15) is 17.3 Å². The molecule has 0 unspecified atom stereocenters. The third-order valence-electron chi connectivity index (χ3n) is 5.62. The Morgan fingerprint density at radius 2 is 1.95 bits per heavy atom. The number of ether oxygens (including phenoxy) is 1. The van der Waals surface area contributed by atoms with E-state index >= 15 is 4.39 Å². The molecule has 0 radical (unpaired) electrons. The molecule has 8 nitrogen and oxygen atoms in total. The van der Waals surface area contributed by atoms with Crippen molar-refractivity contribution < 1.29 is 13.9 Å². The van der Waals surface area contributed by atoms with Gasteiger partial charge in [0.2, 0.25) is 5.91 Å². The number of hydrogen-bond donors (Lipinski definition) is 2. The minimum Gasteiger partial charge on any atom is -0.455 e. The van der Waals surface area contributed by atoms with Crippen molar-refractivity contribution in [1.82, 2.24) is 20.5 Å². The van der Waals surface area contributed by atoms with Crippen LogP contribution in [0.5, 0.6) is 11.5 Å². The van der Waals surface area contributed by atoms with Crippen molar-refractivity contribution in [2.75, 3.05) is 0 Å². The molecule has 3 N–H and O–H groups in total. The summed E-state index contributed by atoms with van der Waals surface area (Å²) in [5, 5.41) is 11.7. The van der Waals surface area contributed by atoms with E-state index in [1.54, 1.807) is 18.5 Å². The van der Waals surface area contributed by atoms with Crippen LogP contribution in [0.3, 0.4) is 0 Å². The molecule has 2 aromatic heterocycles. The Labute approximate surface area is 230 Å². The molecule has 4 rings (SSSR count). The number of nitrogens with two attached hydrogens (primary N) is 1. The summed E-state index contributed by atoms with van der Waals surface area (Å²) in [6, 6.07) is 11.7. The SMILES string of the molecule is Cc1ccnnc1-c1ccc2nccc(Oc3cc(F)c(CC(=O)N/C(C=NC(C)(C)C)=C/N)cc3Cl)c2c1. The van der Waals surface area contributed by atoms with Gasteiger partial charge in [0, 0.05) is 41.8 Å². The van der Waals surface area contributed by atoms with E-state index in [0.717, 1.165) is 22.9 Å². The largest absolute Gasteiger partial charge is 0.455 e. The Balaban J connectivity index is 1.56. The molecule has 0 spiro atoms. The number of nitrogens with zero attached hydrogens (tertiary/aromatic N) is 4. The first-order chi connectivity index (χ1) is 18.5. The molecule has 10 heteroatoms. The molecule has 4 aromatic rings. The summed E-state index contributed by atoms with van der Waals surface area (Å²) in [4.78, 5) is 21.2. The Bertz CT molecular complexity index is 1600. The molecule has 1 amide bonds. The van der Waals surface area contributed by atoms with Crippen molar-refractivity contribution in [3.8, 4) is 22.8 Å². The maximum Gasteiger partial charge on any atom is 0.228 e. The summed E-state index contributed by atoms with van der Waals surface area (Å²) in [6.07, 6.45) is 5.66. The van der Waals surface area contributed by atoms with Crippen LogP contribution in [0.15, 0.2) is 71.7 Å². The Kier molecular flexibility index (Phi) is 8.21. The highest BCUT2D eigenvalue weighted by molar-refractivity contribution is 6.32. The molecule has 0 fully saturated rings. The van der Waals surface area contributed by atoms with Gasteiger partial charge in [-0.3, -0.25) is 14.8 Å². The highest BCUT2D eigenvalue weighted by atomic mass is 35.5. The molecule has 0 aliphatic carbocycles. The quantitative estimate of drug-likeness (QED) is 0.278. The van der Waals surface area contributed by atoms with E-state index in [1.165, 1.54) is 18.5 Å². The van der Waals surface area contributed by atoms with Gasteiger partial charge in [-0.05, 0) is 69.2 Å². The van der Waals surface area contributed by atoms with Crippen molar-refractivity contribution in [2.24, 2.45) is 10.7 Å². The summed E-state index contributed by atoms with van der Waals surface area (Å²) < 4.78 is 21.1. The van der Waals surface area contributed by atoms with Crippen LogP contribution in [0.2, 0.25) is 5.02 Å². The number of rotatable bonds is 7. The van der Waals surface area contributed by atoms with Crippen LogP contribution in [-0.2, 0) is 11.2 Å². The van der Waals surface area contributed by atoms with E-state index < -0.39 is 11.7 Å². The van der Waals surface area contributed by atoms with Crippen LogP contribution < -0.4 is 15.8 Å². The number of allylic oxidation sites excluding steroid dienone is 1. The molecule has 0 bridgehead atoms. The van der Waals surface area contributed by atoms with Crippen molar-refractivity contribution in [3.05, 3.63) is 88.7 Å². The molecular weight excluding hydrogens is 519 g/mol. The van der Waals surface area contributed by atoms with Gasteiger partial charge in [-0.1, -0.05) is 17.7 Å². The van der Waals surface area contributed by atoms with Crippen LogP contribution >= 0.6 is 11.6 Å². The zero-order valence-corrected chi connectivity index (χ0v) is 22.8. The van der Waals surface area contributed by atoms with Gasteiger partial charge >= 0.3 is 0 Å². The lowest BCUT2D eigenvalue weighted by molar-refractivity contribution is -0.119. The highest BCUT2D eigenvalue weighted by Gasteiger charge is 2.16. The van der Waals surface area contributed by atoms with Gasteiger partial charge in [0.05, 0.1) is 33.9 Å². The maximum atomic E-state index is 15.0. The Morgan fingerprint density at radius 3 is 2.67 bits per heavy atom. The third-order valence-corrected chi connectivity index (χ3v) is 5.92. The smallest absolute Gasteiger partial charge is 0.228 e. The molecule has 0 aliphatic rings. The minimum atomic E-state index is -0.638. The zero-order valence-electron chi connectivity index (χ0n) is 22.0. The maximum absolute atomic E-state index is 15.0. The van der Waals surface area contributed by atoms with Crippen molar-refractivity contribution in [3.63, 3.8) is 0 Å². The van der Waals surface area contributed by atoms with E-state index in [4.69, 9.17) is 22.1 Å². The number of carbonyl (C=O) groups excluding carboxylic acids is 1. The monoisotopic (exact) mass is 546 g/mol. The van der Waals surface area contributed by atoms with Crippen LogP contribution in [0.1, 0.15) is 31.9 Å². The summed E-state index contributed by atoms with van der Waals surface area (Å²) in [7, 11) is 0. The second-order valence-electron chi connectivity index (χ2n) is 9.86. The Hall–Kier alpha value is -4.37. The van der Waals surface area contributed by atoms with Gasteiger partial charge in [0.25, 0.3) is 0 Å². The topological polar surface area (TPSA) is 115 Å². The fourth-order valence-corrected chi connectivity index (χ4v) is 3.92. The lowest BCUT2D eigenvalue weighted by Crippen LogP contribution is -2.27. The second kappa shape index (κ2) is 11.6. The second-order valence-corrected chi connectivity index (χ2v) is 10.3. The molecule has 200 valence electrons. The molecule has 0 saturated heterocycles. The number of halogens is 2. The lowest BCUT2D eigenvalue weighted by atomic mass is 10.0. The van der Waals surface area contributed by atoms with Gasteiger partial charge in [-0.2, -0.15) is 10.2 Å². The van der Waals surface area contributed by atoms with E-state index in [0.29, 0.717) is 22.3 Å². The van der Waals surface area contributed by atoms with Crippen molar-refractivity contribution in [1.29, 1.82) is 0 Å². The van der Waals surface area contributed by atoms with Gasteiger partial charge < -0.3 is 15.8 Å². The molecule has 0 atom stereocenters. The predicted octanol–water partition coefficient (Wildman–Crippen LogP) is 5.91. The standard InChI is InChI=1S/C29H28ClFN6O2/c1-17-7-10-35-37-28(17)18-5-6-24-21(11-18)25(8-9-33-24)39-26-14-23(31)19(12-22(26)30)13-27(38)36-20(15-32)16-34-29(2,3)4/h5-12,14-16H,13,32H2,1-4H3,(H,36,38)/b20-15+,34-16?. The average Bonchev–Trinajstić information content (AvgIpc) is 2.89. The summed E-state index contributed by atoms with van der Waals surface area (Å²) in [6.45, 7) is 7.68. The number of nitrogens with one attached hydrogen (secondary N) is 1. The molecule has 2 heterocycles. The normalized spacial score (nSPS) is 12.2. The molecule has 0 aliphatic heterocycles. The van der Waals surface area contributed by atoms with Crippen LogP contribution in [0, 0.1) is 12.7 Å². The Morgan fingerprint density at radius 1 is 1.15 bits per heavy atom. The summed E-state index contributed by atoms with van der Waals surface area (Å²) >= 11 is 6.46. The van der Waals surface area contributed by atoms with Crippen LogP contribution in [-0.4, -0.2) is 32.8 Å².